The molecule has 28 heavy (non-hydrogen) atoms. The van der Waals surface area contributed by atoms with Gasteiger partial charge in [0.1, 0.15) is 17.2 Å². The number of aryl methyl sites for hydroxylation is 1. The normalized spacial score (nSPS) is 26.8. The SMILES string of the molecule is Cc1nccc(N2CCC3(CC2)OC(=O)N2CCN(C(=O)C4CCC4)CC23)n1. The van der Waals surface area contributed by atoms with Gasteiger partial charge in [0.2, 0.25) is 5.91 Å². The lowest BCUT2D eigenvalue weighted by molar-refractivity contribution is -0.141. The molecule has 2 amide bonds. The first-order chi connectivity index (χ1) is 13.6. The van der Waals surface area contributed by atoms with Gasteiger partial charge in [0.05, 0.1) is 6.04 Å². The molecular formula is C20H27N5O3. The summed E-state index contributed by atoms with van der Waals surface area (Å²) < 4.78 is 5.96. The highest BCUT2D eigenvalue weighted by Gasteiger charge is 2.57. The third-order valence-corrected chi connectivity index (χ3v) is 6.97. The third-order valence-electron chi connectivity index (χ3n) is 6.97. The van der Waals surface area contributed by atoms with Crippen molar-refractivity contribution in [3.05, 3.63) is 18.1 Å². The summed E-state index contributed by atoms with van der Waals surface area (Å²) in [4.78, 5) is 40.0. The summed E-state index contributed by atoms with van der Waals surface area (Å²) in [5, 5.41) is 0. The van der Waals surface area contributed by atoms with Crippen LogP contribution in [0.25, 0.3) is 0 Å². The van der Waals surface area contributed by atoms with Crippen molar-refractivity contribution >= 4 is 17.8 Å². The van der Waals surface area contributed by atoms with Crippen molar-refractivity contribution in [2.45, 2.75) is 50.7 Å². The zero-order chi connectivity index (χ0) is 19.3. The van der Waals surface area contributed by atoms with E-state index in [0.717, 1.165) is 56.8 Å². The summed E-state index contributed by atoms with van der Waals surface area (Å²) in [7, 11) is 0. The molecule has 3 aliphatic heterocycles. The maximum atomic E-state index is 12.7. The molecule has 0 bridgehead atoms. The summed E-state index contributed by atoms with van der Waals surface area (Å²) in [5.41, 5.74) is -0.492. The molecule has 4 fully saturated rings. The molecule has 1 aromatic rings. The van der Waals surface area contributed by atoms with Crippen molar-refractivity contribution in [1.82, 2.24) is 19.8 Å². The van der Waals surface area contributed by atoms with Crippen molar-refractivity contribution in [1.29, 1.82) is 0 Å². The number of hydrogen-bond donors (Lipinski definition) is 0. The van der Waals surface area contributed by atoms with Gasteiger partial charge in [0, 0.05) is 57.7 Å². The Bertz CT molecular complexity index is 788. The van der Waals surface area contributed by atoms with E-state index in [9.17, 15) is 9.59 Å². The van der Waals surface area contributed by atoms with E-state index in [0.29, 0.717) is 19.6 Å². The number of hydrogen-bond acceptors (Lipinski definition) is 6. The van der Waals surface area contributed by atoms with E-state index in [4.69, 9.17) is 4.74 Å². The summed E-state index contributed by atoms with van der Waals surface area (Å²) in [6, 6.07) is 1.89. The number of fused-ring (bicyclic) bond motifs is 2. The van der Waals surface area contributed by atoms with Crippen LogP contribution in [0.3, 0.4) is 0 Å². The van der Waals surface area contributed by atoms with Gasteiger partial charge in [0.15, 0.2) is 0 Å². The monoisotopic (exact) mass is 385 g/mol. The van der Waals surface area contributed by atoms with Gasteiger partial charge in [-0.1, -0.05) is 6.42 Å². The Morgan fingerprint density at radius 3 is 2.68 bits per heavy atom. The van der Waals surface area contributed by atoms with Crippen LogP contribution in [-0.2, 0) is 9.53 Å². The van der Waals surface area contributed by atoms with Crippen molar-refractivity contribution < 1.29 is 14.3 Å². The highest BCUT2D eigenvalue weighted by atomic mass is 16.6. The largest absolute Gasteiger partial charge is 0.440 e. The van der Waals surface area contributed by atoms with Gasteiger partial charge in [-0.2, -0.15) is 0 Å². The number of aromatic nitrogens is 2. The Morgan fingerprint density at radius 2 is 2.00 bits per heavy atom. The number of anilines is 1. The van der Waals surface area contributed by atoms with Crippen molar-refractivity contribution in [3.63, 3.8) is 0 Å². The van der Waals surface area contributed by atoms with E-state index in [1.54, 1.807) is 6.20 Å². The Labute approximate surface area is 164 Å². The number of ether oxygens (including phenoxy) is 1. The van der Waals surface area contributed by atoms with Crippen molar-refractivity contribution in [2.75, 3.05) is 37.6 Å². The average molecular weight is 385 g/mol. The molecule has 8 heteroatoms. The molecule has 1 saturated carbocycles. The topological polar surface area (TPSA) is 78.9 Å². The van der Waals surface area contributed by atoms with Gasteiger partial charge >= 0.3 is 6.09 Å². The van der Waals surface area contributed by atoms with E-state index in [1.807, 2.05) is 22.8 Å². The molecule has 4 aliphatic rings. The third kappa shape index (κ3) is 2.81. The second kappa shape index (κ2) is 6.60. The molecule has 8 nitrogen and oxygen atoms in total. The maximum Gasteiger partial charge on any atom is 0.410 e. The smallest absolute Gasteiger partial charge is 0.410 e. The molecule has 0 aromatic carbocycles. The highest BCUT2D eigenvalue weighted by Crippen LogP contribution is 2.41. The molecule has 150 valence electrons. The molecule has 1 spiro atoms. The minimum Gasteiger partial charge on any atom is -0.440 e. The molecule has 3 saturated heterocycles. The van der Waals surface area contributed by atoms with E-state index < -0.39 is 5.60 Å². The van der Waals surface area contributed by atoms with Crippen LogP contribution < -0.4 is 4.90 Å². The summed E-state index contributed by atoms with van der Waals surface area (Å²) in [6.45, 7) is 5.27. The first-order valence-electron chi connectivity index (χ1n) is 10.4. The number of carbonyl (C=O) groups is 2. The first-order valence-corrected chi connectivity index (χ1v) is 10.4. The summed E-state index contributed by atoms with van der Waals surface area (Å²) in [5.74, 6) is 2.15. The van der Waals surface area contributed by atoms with Crippen LogP contribution in [0.4, 0.5) is 10.6 Å². The van der Waals surface area contributed by atoms with Gasteiger partial charge in [-0.25, -0.2) is 14.8 Å². The number of amides is 2. The minimum atomic E-state index is -0.492. The van der Waals surface area contributed by atoms with Crippen LogP contribution in [0, 0.1) is 12.8 Å². The summed E-state index contributed by atoms with van der Waals surface area (Å²) in [6.07, 6.45) is 6.26. The van der Waals surface area contributed by atoms with Gasteiger partial charge < -0.3 is 14.5 Å². The fourth-order valence-electron chi connectivity index (χ4n) is 5.04. The second-order valence-corrected chi connectivity index (χ2v) is 8.50. The molecule has 0 N–H and O–H groups in total. The molecule has 5 rings (SSSR count). The summed E-state index contributed by atoms with van der Waals surface area (Å²) >= 11 is 0. The zero-order valence-corrected chi connectivity index (χ0v) is 16.3. The number of nitrogens with zero attached hydrogens (tertiary/aromatic N) is 5. The van der Waals surface area contributed by atoms with Crippen LogP contribution in [0.1, 0.15) is 37.9 Å². The fourth-order valence-corrected chi connectivity index (χ4v) is 5.04. The van der Waals surface area contributed by atoms with E-state index in [-0.39, 0.29) is 24.0 Å². The lowest BCUT2D eigenvalue weighted by atomic mass is 9.81. The van der Waals surface area contributed by atoms with Gasteiger partial charge in [-0.05, 0) is 25.8 Å². The van der Waals surface area contributed by atoms with Crippen LogP contribution in [0.5, 0.6) is 0 Å². The van der Waals surface area contributed by atoms with Crippen molar-refractivity contribution in [3.8, 4) is 0 Å². The molecule has 1 atom stereocenters. The molecule has 0 radical (unpaired) electrons. The number of carbonyl (C=O) groups excluding carboxylic acids is 2. The maximum absolute atomic E-state index is 12.7. The molecular weight excluding hydrogens is 358 g/mol. The Balaban J connectivity index is 1.31. The van der Waals surface area contributed by atoms with Crippen LogP contribution in [0.15, 0.2) is 12.3 Å². The van der Waals surface area contributed by atoms with Gasteiger partial charge in [-0.15, -0.1) is 0 Å². The number of piperazine rings is 1. The number of rotatable bonds is 2. The number of piperidine rings is 1. The molecule has 1 aliphatic carbocycles. The molecule has 1 unspecified atom stereocenters. The lowest BCUT2D eigenvalue weighted by Gasteiger charge is -2.46. The fraction of sp³-hybridized carbons (Fsp3) is 0.700. The van der Waals surface area contributed by atoms with Gasteiger partial charge in [-0.3, -0.25) is 9.69 Å². The predicted octanol–water partition coefficient (Wildman–Crippen LogP) is 1.59. The molecule has 1 aromatic heterocycles. The Hall–Kier alpha value is -2.38. The predicted molar refractivity (Wildman–Crippen MR) is 102 cm³/mol. The standard InChI is InChI=1S/C20H27N5O3/c1-14-21-8-5-17(22-14)23-9-6-20(7-10-23)16-13-24(18(26)15-3-2-4-15)11-12-25(16)19(27)28-20/h5,8,15-16H,2-4,6-7,9-13H2,1H3. The van der Waals surface area contributed by atoms with Crippen molar-refractivity contribution in [2.24, 2.45) is 5.92 Å². The van der Waals surface area contributed by atoms with E-state index in [2.05, 4.69) is 14.9 Å². The second-order valence-electron chi connectivity index (χ2n) is 8.50. The van der Waals surface area contributed by atoms with E-state index in [1.165, 1.54) is 0 Å². The van der Waals surface area contributed by atoms with E-state index >= 15 is 0 Å². The lowest BCUT2D eigenvalue weighted by Crippen LogP contribution is -2.62. The average Bonchev–Trinajstić information content (AvgIpc) is 2.92. The highest BCUT2D eigenvalue weighted by molar-refractivity contribution is 5.80. The molecule has 4 heterocycles. The Morgan fingerprint density at radius 1 is 1.21 bits per heavy atom. The van der Waals surface area contributed by atoms with Crippen LogP contribution >= 0.6 is 0 Å². The quantitative estimate of drug-likeness (QED) is 0.769. The zero-order valence-electron chi connectivity index (χ0n) is 16.3. The Kier molecular flexibility index (Phi) is 4.17. The van der Waals surface area contributed by atoms with Crippen LogP contribution in [-0.4, -0.2) is 76.1 Å². The first kappa shape index (κ1) is 17.7. The minimum absolute atomic E-state index is 0.0351. The van der Waals surface area contributed by atoms with Gasteiger partial charge in [0.25, 0.3) is 0 Å². The van der Waals surface area contributed by atoms with Crippen LogP contribution in [0.2, 0.25) is 0 Å².